The predicted molar refractivity (Wildman–Crippen MR) is 100 cm³/mol. The number of hydrogen-bond acceptors (Lipinski definition) is 4. The molecule has 0 aliphatic heterocycles. The minimum absolute atomic E-state index is 0.808. The Morgan fingerprint density at radius 2 is 1.88 bits per heavy atom. The lowest BCUT2D eigenvalue weighted by Gasteiger charge is -2.07. The molecular formula is C20H19N5. The molecule has 5 heteroatoms. The summed E-state index contributed by atoms with van der Waals surface area (Å²) in [6, 6.07) is 18.6. The standard InChI is InChI=1S/C20H19N5/c1-15-6-5-9-17(12-15)25-20-18(13-24-25)19(22-14-23-20)21-11-10-16-7-3-2-4-8-16/h2-9,12-14H,10-11H2,1H3,(H,21,22,23). The maximum Gasteiger partial charge on any atom is 0.168 e. The van der Waals surface area contributed by atoms with Gasteiger partial charge in [-0.1, -0.05) is 42.5 Å². The third-order valence-corrected chi connectivity index (χ3v) is 4.16. The van der Waals surface area contributed by atoms with E-state index < -0.39 is 0 Å². The van der Waals surface area contributed by atoms with Crippen LogP contribution in [0.5, 0.6) is 0 Å². The molecule has 4 rings (SSSR count). The Balaban J connectivity index is 1.59. The second-order valence-corrected chi connectivity index (χ2v) is 6.02. The summed E-state index contributed by atoms with van der Waals surface area (Å²) < 4.78 is 1.85. The third-order valence-electron chi connectivity index (χ3n) is 4.16. The summed E-state index contributed by atoms with van der Waals surface area (Å²) in [6.45, 7) is 2.88. The van der Waals surface area contributed by atoms with Crippen molar-refractivity contribution in [3.8, 4) is 5.69 Å². The van der Waals surface area contributed by atoms with Gasteiger partial charge >= 0.3 is 0 Å². The van der Waals surface area contributed by atoms with Crippen molar-refractivity contribution < 1.29 is 0 Å². The van der Waals surface area contributed by atoms with Crippen LogP contribution in [0.1, 0.15) is 11.1 Å². The van der Waals surface area contributed by atoms with E-state index in [1.165, 1.54) is 11.1 Å². The number of rotatable bonds is 5. The second-order valence-electron chi connectivity index (χ2n) is 6.02. The molecule has 0 unspecified atom stereocenters. The number of benzene rings is 2. The summed E-state index contributed by atoms with van der Waals surface area (Å²) in [6.07, 6.45) is 4.35. The number of fused-ring (bicyclic) bond motifs is 1. The molecule has 0 atom stereocenters. The Kier molecular flexibility index (Phi) is 4.12. The summed E-state index contributed by atoms with van der Waals surface area (Å²) in [5, 5.41) is 8.84. The van der Waals surface area contributed by atoms with Gasteiger partial charge in [-0.15, -0.1) is 0 Å². The van der Waals surface area contributed by atoms with Gasteiger partial charge in [0.25, 0.3) is 0 Å². The number of nitrogens with zero attached hydrogens (tertiary/aromatic N) is 4. The molecule has 0 spiro atoms. The van der Waals surface area contributed by atoms with Crippen molar-refractivity contribution in [2.75, 3.05) is 11.9 Å². The molecule has 2 aromatic carbocycles. The number of anilines is 1. The van der Waals surface area contributed by atoms with Crippen LogP contribution in [0.25, 0.3) is 16.7 Å². The Morgan fingerprint density at radius 1 is 1.00 bits per heavy atom. The molecule has 2 aromatic heterocycles. The van der Waals surface area contributed by atoms with Gasteiger partial charge in [0.05, 0.1) is 17.3 Å². The van der Waals surface area contributed by atoms with Crippen LogP contribution in [-0.2, 0) is 6.42 Å². The molecule has 0 saturated heterocycles. The quantitative estimate of drug-likeness (QED) is 0.605. The van der Waals surface area contributed by atoms with E-state index in [4.69, 9.17) is 0 Å². The maximum atomic E-state index is 4.51. The summed E-state index contributed by atoms with van der Waals surface area (Å²) in [7, 11) is 0. The van der Waals surface area contributed by atoms with E-state index in [1.54, 1.807) is 6.33 Å². The van der Waals surface area contributed by atoms with Crippen LogP contribution >= 0.6 is 0 Å². The number of aryl methyl sites for hydroxylation is 1. The maximum absolute atomic E-state index is 4.51. The molecular weight excluding hydrogens is 310 g/mol. The Bertz CT molecular complexity index is 991. The van der Waals surface area contributed by atoms with E-state index in [2.05, 4.69) is 63.7 Å². The van der Waals surface area contributed by atoms with E-state index in [0.29, 0.717) is 0 Å². The van der Waals surface area contributed by atoms with Crippen molar-refractivity contribution in [1.29, 1.82) is 0 Å². The molecule has 0 amide bonds. The Morgan fingerprint density at radius 3 is 2.72 bits per heavy atom. The molecule has 2 heterocycles. The van der Waals surface area contributed by atoms with Gasteiger partial charge < -0.3 is 5.32 Å². The van der Waals surface area contributed by atoms with Crippen molar-refractivity contribution in [2.24, 2.45) is 0 Å². The van der Waals surface area contributed by atoms with Crippen LogP contribution in [0.2, 0.25) is 0 Å². The van der Waals surface area contributed by atoms with E-state index in [-0.39, 0.29) is 0 Å². The first kappa shape index (κ1) is 15.3. The zero-order valence-electron chi connectivity index (χ0n) is 14.1. The lowest BCUT2D eigenvalue weighted by Crippen LogP contribution is -2.07. The van der Waals surface area contributed by atoms with Crippen LogP contribution < -0.4 is 5.32 Å². The number of nitrogens with one attached hydrogen (secondary N) is 1. The lowest BCUT2D eigenvalue weighted by molar-refractivity contribution is 0.893. The van der Waals surface area contributed by atoms with Gasteiger partial charge in [-0.2, -0.15) is 5.10 Å². The van der Waals surface area contributed by atoms with Crippen LogP contribution in [0.4, 0.5) is 5.82 Å². The average molecular weight is 329 g/mol. The third kappa shape index (κ3) is 3.21. The fraction of sp³-hybridized carbons (Fsp3) is 0.150. The van der Waals surface area contributed by atoms with E-state index >= 15 is 0 Å². The molecule has 1 N–H and O–H groups in total. The Hall–Kier alpha value is -3.21. The van der Waals surface area contributed by atoms with Gasteiger partial charge in [0.1, 0.15) is 12.1 Å². The van der Waals surface area contributed by atoms with Gasteiger partial charge in [0.15, 0.2) is 5.65 Å². The summed E-state index contributed by atoms with van der Waals surface area (Å²) in [5.41, 5.74) is 4.30. The van der Waals surface area contributed by atoms with Gasteiger partial charge in [-0.25, -0.2) is 14.6 Å². The molecule has 4 aromatic rings. The van der Waals surface area contributed by atoms with Crippen LogP contribution in [0.3, 0.4) is 0 Å². The number of hydrogen-bond donors (Lipinski definition) is 1. The smallest absolute Gasteiger partial charge is 0.168 e. The first-order valence-electron chi connectivity index (χ1n) is 8.35. The monoisotopic (exact) mass is 329 g/mol. The molecule has 0 bridgehead atoms. The van der Waals surface area contributed by atoms with Gasteiger partial charge in [0.2, 0.25) is 0 Å². The molecule has 0 radical (unpaired) electrons. The SMILES string of the molecule is Cc1cccc(-n2ncc3c(NCCc4ccccc4)ncnc32)c1. The topological polar surface area (TPSA) is 55.6 Å². The highest BCUT2D eigenvalue weighted by atomic mass is 15.3. The predicted octanol–water partition coefficient (Wildman–Crippen LogP) is 3.78. The van der Waals surface area contributed by atoms with Crippen LogP contribution in [0.15, 0.2) is 67.1 Å². The fourth-order valence-corrected chi connectivity index (χ4v) is 2.90. The zero-order chi connectivity index (χ0) is 17.1. The van der Waals surface area contributed by atoms with Crippen molar-refractivity contribution >= 4 is 16.9 Å². The van der Waals surface area contributed by atoms with Gasteiger partial charge in [0, 0.05) is 6.54 Å². The summed E-state index contributed by atoms with van der Waals surface area (Å²) >= 11 is 0. The highest BCUT2D eigenvalue weighted by molar-refractivity contribution is 5.87. The minimum Gasteiger partial charge on any atom is -0.369 e. The molecule has 0 fully saturated rings. The van der Waals surface area contributed by atoms with E-state index in [1.807, 2.05) is 29.1 Å². The normalized spacial score (nSPS) is 10.9. The Labute approximate surface area is 146 Å². The largest absolute Gasteiger partial charge is 0.369 e. The first-order valence-corrected chi connectivity index (χ1v) is 8.35. The van der Waals surface area contributed by atoms with Gasteiger partial charge in [-0.3, -0.25) is 0 Å². The van der Waals surface area contributed by atoms with E-state index in [9.17, 15) is 0 Å². The average Bonchev–Trinajstić information content (AvgIpc) is 3.08. The highest BCUT2D eigenvalue weighted by Gasteiger charge is 2.10. The summed E-state index contributed by atoms with van der Waals surface area (Å²) in [4.78, 5) is 8.81. The molecule has 124 valence electrons. The van der Waals surface area contributed by atoms with Crippen molar-refractivity contribution in [1.82, 2.24) is 19.7 Å². The summed E-state index contributed by atoms with van der Waals surface area (Å²) in [5.74, 6) is 0.819. The van der Waals surface area contributed by atoms with Crippen molar-refractivity contribution in [3.05, 3.63) is 78.2 Å². The lowest BCUT2D eigenvalue weighted by atomic mass is 10.1. The molecule has 0 aliphatic carbocycles. The highest BCUT2D eigenvalue weighted by Crippen LogP contribution is 2.22. The van der Waals surface area contributed by atoms with Crippen LogP contribution in [0, 0.1) is 6.92 Å². The zero-order valence-corrected chi connectivity index (χ0v) is 14.1. The molecule has 25 heavy (non-hydrogen) atoms. The second kappa shape index (κ2) is 6.73. The number of aromatic nitrogens is 4. The molecule has 0 saturated carbocycles. The minimum atomic E-state index is 0.808. The van der Waals surface area contributed by atoms with Gasteiger partial charge in [-0.05, 0) is 36.6 Å². The van der Waals surface area contributed by atoms with Crippen LogP contribution in [-0.4, -0.2) is 26.3 Å². The fourth-order valence-electron chi connectivity index (χ4n) is 2.90. The first-order chi connectivity index (χ1) is 12.3. The molecule has 0 aliphatic rings. The molecule has 5 nitrogen and oxygen atoms in total. The van der Waals surface area contributed by atoms with Crippen molar-refractivity contribution in [3.63, 3.8) is 0 Å². The van der Waals surface area contributed by atoms with E-state index in [0.717, 1.165) is 35.5 Å². The van der Waals surface area contributed by atoms with Crippen molar-refractivity contribution in [2.45, 2.75) is 13.3 Å².